The summed E-state index contributed by atoms with van der Waals surface area (Å²) in [6, 6.07) is -1.29. The van der Waals surface area contributed by atoms with Gasteiger partial charge >= 0.3 is 0 Å². The summed E-state index contributed by atoms with van der Waals surface area (Å²) in [5, 5.41) is 70.7. The number of ether oxygens (including phenoxy) is 3. The highest BCUT2D eigenvalue weighted by atomic mass is 16.7. The van der Waals surface area contributed by atoms with Gasteiger partial charge in [-0.05, 0) is 0 Å². The number of amides is 1. The van der Waals surface area contributed by atoms with Crippen molar-refractivity contribution in [3.8, 4) is 0 Å². The maximum Gasteiger partial charge on any atom is 0.217 e. The molecule has 2 fully saturated rings. The number of carbonyl (C=O) groups is 1. The van der Waals surface area contributed by atoms with E-state index in [1.807, 2.05) is 0 Å². The minimum Gasteiger partial charge on any atom is -0.394 e. The van der Waals surface area contributed by atoms with Crippen molar-refractivity contribution < 1.29 is 54.8 Å². The van der Waals surface area contributed by atoms with Crippen LogP contribution in [-0.4, -0.2) is 116 Å². The first kappa shape index (κ1) is 21.4. The highest BCUT2D eigenvalue weighted by Gasteiger charge is 2.50. The Labute approximate surface area is 148 Å². The van der Waals surface area contributed by atoms with Gasteiger partial charge < -0.3 is 55.3 Å². The number of hydrogen-bond acceptors (Lipinski definition) is 11. The maximum atomic E-state index is 11.2. The summed E-state index contributed by atoms with van der Waals surface area (Å²) in [5.41, 5.74) is 0. The van der Waals surface area contributed by atoms with Crippen LogP contribution < -0.4 is 5.32 Å². The van der Waals surface area contributed by atoms with E-state index >= 15 is 0 Å². The number of carbonyl (C=O) groups excluding carboxylic acids is 1. The summed E-state index contributed by atoms with van der Waals surface area (Å²) < 4.78 is 15.7. The summed E-state index contributed by atoms with van der Waals surface area (Å²) in [7, 11) is 0. The monoisotopic (exact) mass is 385 g/mol. The van der Waals surface area contributed by atoms with Crippen molar-refractivity contribution in [2.75, 3.05) is 13.2 Å². The van der Waals surface area contributed by atoms with E-state index < -0.39 is 80.5 Å². The van der Waals surface area contributed by atoms with Crippen molar-refractivity contribution in [2.24, 2.45) is 0 Å². The topological polar surface area (TPSA) is 198 Å². The van der Waals surface area contributed by atoms with Crippen LogP contribution in [0.1, 0.15) is 6.92 Å². The molecule has 10 atom stereocenters. The van der Waals surface area contributed by atoms with Crippen LogP contribution in [0.5, 0.6) is 0 Å². The molecule has 2 aliphatic rings. The fourth-order valence-electron chi connectivity index (χ4n) is 2.98. The fourth-order valence-corrected chi connectivity index (χ4v) is 2.98. The van der Waals surface area contributed by atoms with E-state index in [2.05, 4.69) is 5.32 Å². The van der Waals surface area contributed by atoms with Crippen molar-refractivity contribution in [2.45, 2.75) is 68.3 Å². The van der Waals surface area contributed by atoms with Crippen LogP contribution in [0, 0.1) is 0 Å². The number of nitrogens with one attached hydrogen (secondary N) is 1. The molecule has 0 aromatic carbocycles. The van der Waals surface area contributed by atoms with Crippen LogP contribution in [0.15, 0.2) is 0 Å². The third-order valence-corrected chi connectivity index (χ3v) is 4.38. The average molecular weight is 385 g/mol. The molecule has 0 aromatic heterocycles. The summed E-state index contributed by atoms with van der Waals surface area (Å²) in [5.74, 6) is -0.564. The molecule has 2 heterocycles. The lowest BCUT2D eigenvalue weighted by Crippen LogP contribution is -2.67. The summed E-state index contributed by atoms with van der Waals surface area (Å²) in [4.78, 5) is 11.2. The molecule has 0 unspecified atom stereocenters. The van der Waals surface area contributed by atoms with Crippen LogP contribution in [0.25, 0.3) is 0 Å². The Hall–Kier alpha value is -0.930. The fraction of sp³-hybridized carbons (Fsp3) is 0.929. The van der Waals surface area contributed by atoms with Crippen LogP contribution in [0.4, 0.5) is 0 Å². The van der Waals surface area contributed by atoms with E-state index in [0.717, 1.165) is 6.92 Å². The van der Waals surface area contributed by atoms with Gasteiger partial charge in [0.05, 0.1) is 13.2 Å². The van der Waals surface area contributed by atoms with Gasteiger partial charge in [-0.3, -0.25) is 4.79 Å². The molecule has 2 aliphatic heterocycles. The molecule has 0 spiro atoms. The maximum absolute atomic E-state index is 11.2. The van der Waals surface area contributed by atoms with Gasteiger partial charge in [-0.15, -0.1) is 0 Å². The van der Waals surface area contributed by atoms with Crippen molar-refractivity contribution in [1.82, 2.24) is 5.32 Å². The second-order valence-corrected chi connectivity index (χ2v) is 6.26. The Morgan fingerprint density at radius 2 is 1.54 bits per heavy atom. The number of aliphatic hydroxyl groups excluding tert-OH is 7. The molecule has 0 radical (unpaired) electrons. The van der Waals surface area contributed by atoms with E-state index in [-0.39, 0.29) is 0 Å². The number of aliphatic hydroxyl groups is 7. The van der Waals surface area contributed by atoms with Gasteiger partial charge in [0, 0.05) is 6.92 Å². The van der Waals surface area contributed by atoms with Crippen molar-refractivity contribution in [1.29, 1.82) is 0 Å². The first-order chi connectivity index (χ1) is 12.2. The minimum atomic E-state index is -1.73. The molecule has 12 nitrogen and oxygen atoms in total. The zero-order valence-corrected chi connectivity index (χ0v) is 14.0. The molecule has 8 N–H and O–H groups in total. The molecule has 0 bridgehead atoms. The molecular weight excluding hydrogens is 360 g/mol. The standard InChI is InChI=1S/C14H25NO11/c1-4(18)15-7-9(20)12(6(3-17)24-13(7)23)26-14-11(22)10(21)8(19)5(2-16)25-14/h5-14,16-17,19-23H,2-3H2,1H3,(H,15,18)/t5-,6-,7-,8+,9-,10+,11-,12-,13+,14+/m1/s1/i4+2. The zero-order chi connectivity index (χ0) is 19.6. The van der Waals surface area contributed by atoms with E-state index in [4.69, 9.17) is 14.2 Å². The predicted molar refractivity (Wildman–Crippen MR) is 80.2 cm³/mol. The van der Waals surface area contributed by atoms with Gasteiger partial charge in [-0.2, -0.15) is 0 Å². The Balaban J connectivity index is 2.16. The van der Waals surface area contributed by atoms with Crippen LogP contribution in [0.2, 0.25) is 0 Å². The van der Waals surface area contributed by atoms with Gasteiger partial charge in [-0.25, -0.2) is 0 Å². The van der Waals surface area contributed by atoms with Crippen molar-refractivity contribution in [3.63, 3.8) is 0 Å². The molecule has 152 valence electrons. The lowest BCUT2D eigenvalue weighted by atomic mass is 9.96. The molecule has 0 saturated carbocycles. The highest BCUT2D eigenvalue weighted by Crippen LogP contribution is 2.28. The molecule has 2 saturated heterocycles. The number of hydrogen-bond donors (Lipinski definition) is 8. The van der Waals surface area contributed by atoms with Gasteiger partial charge in [0.2, 0.25) is 5.91 Å². The summed E-state index contributed by atoms with van der Waals surface area (Å²) in [6.45, 7) is -0.195. The molecule has 1 amide bonds. The lowest BCUT2D eigenvalue weighted by Gasteiger charge is -2.46. The Morgan fingerprint density at radius 1 is 0.923 bits per heavy atom. The van der Waals surface area contributed by atoms with Crippen molar-refractivity contribution >= 4 is 5.91 Å². The first-order valence-electron chi connectivity index (χ1n) is 8.06. The molecule has 12 heteroatoms. The van der Waals surface area contributed by atoms with Gasteiger partial charge in [0.1, 0.15) is 48.8 Å². The smallest absolute Gasteiger partial charge is 0.217 e. The molecule has 2 rings (SSSR count). The average Bonchev–Trinajstić information content (AvgIpc) is 2.60. The first-order valence-corrected chi connectivity index (χ1v) is 8.06. The normalized spacial score (nSPS) is 46.8. The predicted octanol–water partition coefficient (Wildman–Crippen LogP) is -5.25. The zero-order valence-electron chi connectivity index (χ0n) is 14.0. The van der Waals surface area contributed by atoms with E-state index in [1.165, 1.54) is 0 Å². The van der Waals surface area contributed by atoms with E-state index in [0.29, 0.717) is 0 Å². The quantitative estimate of drug-likeness (QED) is 0.225. The Morgan fingerprint density at radius 3 is 2.08 bits per heavy atom. The lowest BCUT2D eigenvalue weighted by molar-refractivity contribution is -0.345. The molecule has 0 aliphatic carbocycles. The Bertz CT molecular complexity index is 478. The van der Waals surface area contributed by atoms with Crippen LogP contribution in [0.3, 0.4) is 0 Å². The Kier molecular flexibility index (Phi) is 7.27. The second kappa shape index (κ2) is 8.84. The summed E-state index contributed by atoms with van der Waals surface area (Å²) in [6.07, 6.45) is -13.6. The summed E-state index contributed by atoms with van der Waals surface area (Å²) >= 11 is 0. The van der Waals surface area contributed by atoms with Gasteiger partial charge in [0.15, 0.2) is 12.6 Å². The SMILES string of the molecule is C[14C](=O)N[C@@H]1[C@@H](O)[C@H](O[C@@H]2O[C@H](CO)[C@H](O)[C@H](O)[C@H]2O)[C@@H](CO)O[C@@H]1O. The van der Waals surface area contributed by atoms with E-state index in [1.54, 1.807) is 0 Å². The van der Waals surface area contributed by atoms with Crippen LogP contribution in [-0.2, 0) is 19.0 Å². The van der Waals surface area contributed by atoms with Crippen LogP contribution >= 0.6 is 0 Å². The number of rotatable bonds is 5. The molecule has 0 aromatic rings. The molecular formula is C14H25NO11. The molecule has 26 heavy (non-hydrogen) atoms. The van der Waals surface area contributed by atoms with E-state index in [9.17, 15) is 40.5 Å². The van der Waals surface area contributed by atoms with Crippen molar-refractivity contribution in [3.05, 3.63) is 0 Å². The third-order valence-electron chi connectivity index (χ3n) is 4.38. The largest absolute Gasteiger partial charge is 0.394 e. The second-order valence-electron chi connectivity index (χ2n) is 6.26. The third kappa shape index (κ3) is 4.31. The van der Waals surface area contributed by atoms with Gasteiger partial charge in [-0.1, -0.05) is 0 Å². The minimum absolute atomic E-state index is 0.564. The van der Waals surface area contributed by atoms with Gasteiger partial charge in [0.25, 0.3) is 0 Å². The highest BCUT2D eigenvalue weighted by molar-refractivity contribution is 5.73.